The van der Waals surface area contributed by atoms with Crippen LogP contribution < -0.4 is 5.32 Å². The highest BCUT2D eigenvalue weighted by molar-refractivity contribution is 9.15. The molecule has 0 aliphatic heterocycles. The van der Waals surface area contributed by atoms with E-state index in [-0.39, 0.29) is 15.6 Å². The molecule has 0 aliphatic rings. The second-order valence-electron chi connectivity index (χ2n) is 7.21. The molecule has 34 heavy (non-hydrogen) atoms. The lowest BCUT2D eigenvalue weighted by atomic mass is 10.1. The third kappa shape index (κ3) is 5.44. The summed E-state index contributed by atoms with van der Waals surface area (Å²) in [5.74, 6) is -0.945. The van der Waals surface area contributed by atoms with Crippen LogP contribution in [0, 0.1) is 6.92 Å². The van der Waals surface area contributed by atoms with E-state index < -0.39 is 11.9 Å². The number of carboxylic acids is 1. The first kappa shape index (κ1) is 25.8. The number of carbonyl (C=O) groups is 2. The minimum atomic E-state index is -1.22. The maximum Gasteiger partial charge on any atom is 0.337 e. The highest BCUT2D eigenvalue weighted by Gasteiger charge is 2.28. The van der Waals surface area contributed by atoms with Gasteiger partial charge in [0.05, 0.1) is 21.3 Å². The highest BCUT2D eigenvalue weighted by Crippen LogP contribution is 2.42. The van der Waals surface area contributed by atoms with Gasteiger partial charge in [0.1, 0.15) is 0 Å². The first-order valence-corrected chi connectivity index (χ1v) is 14.6. The Kier molecular flexibility index (Phi) is 8.20. The van der Waals surface area contributed by atoms with Crippen LogP contribution in [0.2, 0.25) is 0 Å². The van der Waals surface area contributed by atoms with E-state index >= 15 is 0 Å². The Morgan fingerprint density at radius 1 is 1.00 bits per heavy atom. The van der Waals surface area contributed by atoms with Gasteiger partial charge in [-0.15, -0.1) is 11.3 Å². The molecule has 0 spiro atoms. The van der Waals surface area contributed by atoms with Crippen molar-refractivity contribution in [3.8, 4) is 0 Å². The van der Waals surface area contributed by atoms with Gasteiger partial charge < -0.3 is 10.4 Å². The topological polar surface area (TPSA) is 79.3 Å². The van der Waals surface area contributed by atoms with E-state index in [9.17, 15) is 14.7 Å². The molecule has 0 saturated heterocycles. The third-order valence-electron chi connectivity index (χ3n) is 4.78. The molecule has 0 saturated carbocycles. The van der Waals surface area contributed by atoms with Gasteiger partial charge in [-0.3, -0.25) is 4.79 Å². The summed E-state index contributed by atoms with van der Waals surface area (Å²) in [6.45, 7) is 2.07. The lowest BCUT2D eigenvalue weighted by Gasteiger charge is -2.14. The van der Waals surface area contributed by atoms with Crippen LogP contribution >= 0.6 is 86.8 Å². The Labute approximate surface area is 237 Å². The van der Waals surface area contributed by atoms with E-state index in [0.29, 0.717) is 19.1 Å². The number of fused-ring (bicyclic) bond motifs is 1. The fourth-order valence-electron chi connectivity index (χ4n) is 3.23. The Hall–Kier alpha value is -1.24. The van der Waals surface area contributed by atoms with Gasteiger partial charge >= 0.3 is 5.97 Å². The molecule has 11 heteroatoms. The van der Waals surface area contributed by atoms with E-state index in [2.05, 4.69) is 105 Å². The van der Waals surface area contributed by atoms with Crippen molar-refractivity contribution in [2.24, 2.45) is 0 Å². The Balaban J connectivity index is 1.58. The van der Waals surface area contributed by atoms with Crippen molar-refractivity contribution in [2.75, 3.05) is 5.32 Å². The predicted molar refractivity (Wildman–Crippen MR) is 153 cm³/mol. The third-order valence-corrected chi connectivity index (χ3v) is 11.8. The Morgan fingerprint density at radius 3 is 2.38 bits per heavy atom. The van der Waals surface area contributed by atoms with Crippen molar-refractivity contribution in [3.63, 3.8) is 0 Å². The van der Waals surface area contributed by atoms with Gasteiger partial charge in [-0.1, -0.05) is 41.6 Å². The first-order valence-electron chi connectivity index (χ1n) is 9.65. The number of rotatable bonds is 6. The predicted octanol–water partition coefficient (Wildman–Crippen LogP) is 8.90. The van der Waals surface area contributed by atoms with Gasteiger partial charge in [-0.2, -0.15) is 0 Å². The summed E-state index contributed by atoms with van der Waals surface area (Å²) in [6, 6.07) is 13.8. The molecule has 5 nitrogen and oxygen atoms in total. The normalized spacial score (nSPS) is 11.1. The number of benzene rings is 3. The molecule has 4 aromatic rings. The lowest BCUT2D eigenvalue weighted by Crippen LogP contribution is -2.18. The first-order chi connectivity index (χ1) is 16.2. The SMILES string of the molecule is Cc1cccc(CSc2nc3ccc(NC(=O)c4c(Br)c(Br)c(Br)c(Br)c4C(=O)O)cc3s2)c1. The zero-order valence-corrected chi connectivity index (χ0v) is 25.3. The summed E-state index contributed by atoms with van der Waals surface area (Å²) in [4.78, 5) is 29.7. The molecule has 1 amide bonds. The fourth-order valence-corrected chi connectivity index (χ4v) is 7.75. The second kappa shape index (κ2) is 10.8. The molecule has 174 valence electrons. The van der Waals surface area contributed by atoms with Crippen molar-refractivity contribution in [1.29, 1.82) is 0 Å². The number of halogens is 4. The summed E-state index contributed by atoms with van der Waals surface area (Å²) in [5, 5.41) is 12.5. The zero-order valence-electron chi connectivity index (χ0n) is 17.3. The summed E-state index contributed by atoms with van der Waals surface area (Å²) < 4.78 is 3.51. The number of anilines is 1. The second-order valence-corrected chi connectivity index (χ2v) is 12.6. The van der Waals surface area contributed by atoms with Gasteiger partial charge in [0.2, 0.25) is 0 Å². The van der Waals surface area contributed by atoms with Gasteiger partial charge in [0, 0.05) is 29.3 Å². The molecule has 0 fully saturated rings. The van der Waals surface area contributed by atoms with Crippen molar-refractivity contribution >= 4 is 115 Å². The smallest absolute Gasteiger partial charge is 0.337 e. The standard InChI is InChI=1S/C23H14Br4N2O3S2/c1-10-3-2-4-11(7-10)9-33-23-29-13-6-5-12(8-14(13)34-23)28-21(30)15-16(22(31)32)18(25)20(27)19(26)17(15)24/h2-8H,9H2,1H3,(H,28,30)(H,31,32). The molecule has 1 aromatic heterocycles. The molecule has 0 atom stereocenters. The van der Waals surface area contributed by atoms with Crippen LogP contribution in [0.1, 0.15) is 31.8 Å². The van der Waals surface area contributed by atoms with E-state index in [1.54, 1.807) is 29.2 Å². The average molecular weight is 750 g/mol. The van der Waals surface area contributed by atoms with Crippen LogP contribution in [-0.4, -0.2) is 22.0 Å². The van der Waals surface area contributed by atoms with E-state index in [1.165, 1.54) is 11.1 Å². The van der Waals surface area contributed by atoms with Crippen LogP contribution in [-0.2, 0) is 5.75 Å². The number of thioether (sulfide) groups is 1. The number of carbonyl (C=O) groups excluding carboxylic acids is 1. The van der Waals surface area contributed by atoms with Crippen molar-refractivity contribution in [2.45, 2.75) is 17.0 Å². The van der Waals surface area contributed by atoms with Crippen LogP contribution in [0.5, 0.6) is 0 Å². The zero-order chi connectivity index (χ0) is 24.6. The number of amides is 1. The lowest BCUT2D eigenvalue weighted by molar-refractivity contribution is 0.0691. The van der Waals surface area contributed by atoms with E-state index in [0.717, 1.165) is 20.3 Å². The van der Waals surface area contributed by atoms with Crippen LogP contribution in [0.3, 0.4) is 0 Å². The number of nitrogens with one attached hydrogen (secondary N) is 1. The summed E-state index contributed by atoms with van der Waals surface area (Å²) in [7, 11) is 0. The summed E-state index contributed by atoms with van der Waals surface area (Å²) in [5.41, 5.74) is 3.72. The van der Waals surface area contributed by atoms with Gasteiger partial charge in [0.15, 0.2) is 4.34 Å². The molecular weight excluding hydrogens is 736 g/mol. The quantitative estimate of drug-likeness (QED) is 0.117. The number of nitrogens with zero attached hydrogens (tertiary/aromatic N) is 1. The summed E-state index contributed by atoms with van der Waals surface area (Å²) >= 11 is 16.6. The molecule has 4 rings (SSSR count). The maximum atomic E-state index is 13.1. The molecule has 0 unspecified atom stereocenters. The summed E-state index contributed by atoms with van der Waals surface area (Å²) in [6.07, 6.45) is 0. The Morgan fingerprint density at radius 2 is 1.71 bits per heavy atom. The number of hydrogen-bond acceptors (Lipinski definition) is 5. The van der Waals surface area contributed by atoms with Crippen molar-refractivity contribution in [3.05, 3.63) is 82.6 Å². The number of aromatic nitrogens is 1. The van der Waals surface area contributed by atoms with E-state index in [4.69, 9.17) is 0 Å². The molecule has 0 radical (unpaired) electrons. The number of aromatic carboxylic acids is 1. The van der Waals surface area contributed by atoms with Gasteiger partial charge in [0.25, 0.3) is 5.91 Å². The molecule has 0 aliphatic carbocycles. The highest BCUT2D eigenvalue weighted by atomic mass is 79.9. The van der Waals surface area contributed by atoms with Crippen LogP contribution in [0.4, 0.5) is 5.69 Å². The van der Waals surface area contributed by atoms with Crippen molar-refractivity contribution < 1.29 is 14.7 Å². The number of carboxylic acid groups (broad SMARTS) is 1. The average Bonchev–Trinajstić information content (AvgIpc) is 3.20. The minimum absolute atomic E-state index is 0.00764. The molecule has 0 bridgehead atoms. The van der Waals surface area contributed by atoms with Crippen LogP contribution in [0.15, 0.2) is 64.7 Å². The maximum absolute atomic E-state index is 13.1. The molecule has 3 aromatic carbocycles. The van der Waals surface area contributed by atoms with Crippen LogP contribution in [0.25, 0.3) is 10.2 Å². The molecule has 2 N–H and O–H groups in total. The monoisotopic (exact) mass is 746 g/mol. The Bertz CT molecular complexity index is 1460. The van der Waals surface area contributed by atoms with Crippen molar-refractivity contribution in [1.82, 2.24) is 4.98 Å². The van der Waals surface area contributed by atoms with Gasteiger partial charge in [-0.25, -0.2) is 9.78 Å². The minimum Gasteiger partial charge on any atom is -0.478 e. The number of thiazole rings is 1. The molecular formula is C23H14Br4N2O3S2. The fraction of sp³-hybridized carbons (Fsp3) is 0.0870. The largest absolute Gasteiger partial charge is 0.478 e. The molecule has 1 heterocycles. The number of aryl methyl sites for hydroxylation is 1. The van der Waals surface area contributed by atoms with E-state index in [1.807, 2.05) is 12.1 Å². The number of hydrogen-bond donors (Lipinski definition) is 2. The van der Waals surface area contributed by atoms with Gasteiger partial charge in [-0.05, 0) is 94.4 Å².